The van der Waals surface area contributed by atoms with Crippen molar-refractivity contribution in [2.24, 2.45) is 0 Å². The van der Waals surface area contributed by atoms with Crippen molar-refractivity contribution in [1.82, 2.24) is 14.8 Å². The van der Waals surface area contributed by atoms with E-state index in [1.165, 1.54) is 10.7 Å². The van der Waals surface area contributed by atoms with Gasteiger partial charge in [0, 0.05) is 15.6 Å². The number of aromatic nitrogens is 3. The zero-order chi connectivity index (χ0) is 19.8. The van der Waals surface area contributed by atoms with Crippen LogP contribution in [0.2, 0.25) is 15.1 Å². The molecule has 2 aromatic carbocycles. The molecule has 28 heavy (non-hydrogen) atoms. The molecule has 10 heteroatoms. The van der Waals surface area contributed by atoms with Gasteiger partial charge in [0.2, 0.25) is 11.9 Å². The Labute approximate surface area is 174 Å². The van der Waals surface area contributed by atoms with E-state index >= 15 is 0 Å². The monoisotopic (exact) mass is 435 g/mol. The lowest BCUT2D eigenvalue weighted by Gasteiger charge is -2.11. The lowest BCUT2D eigenvalue weighted by molar-refractivity contribution is -0.123. The fraction of sp³-hybridized carbons (Fsp3) is 0.111. The number of carbonyl (C=O) groups is 2. The van der Waals surface area contributed by atoms with Gasteiger partial charge in [-0.3, -0.25) is 14.9 Å². The number of hydrogen-bond acceptors (Lipinski definition) is 4. The van der Waals surface area contributed by atoms with Crippen molar-refractivity contribution in [3.63, 3.8) is 0 Å². The molecule has 0 saturated heterocycles. The molecule has 2 N–H and O–H groups in total. The average Bonchev–Trinajstić information content (AvgIpc) is 3.18. The quantitative estimate of drug-likeness (QED) is 0.633. The third kappa shape index (κ3) is 3.69. The molecule has 0 aliphatic carbocycles. The Hall–Kier alpha value is -2.61. The van der Waals surface area contributed by atoms with Crippen LogP contribution in [-0.2, 0) is 9.59 Å². The summed E-state index contributed by atoms with van der Waals surface area (Å²) in [5.41, 5.74) is 1.12. The maximum absolute atomic E-state index is 12.4. The van der Waals surface area contributed by atoms with Gasteiger partial charge < -0.3 is 5.32 Å². The van der Waals surface area contributed by atoms with Gasteiger partial charge >= 0.3 is 0 Å². The molecule has 1 unspecified atom stereocenters. The molecule has 142 valence electrons. The van der Waals surface area contributed by atoms with E-state index < -0.39 is 11.9 Å². The van der Waals surface area contributed by atoms with Crippen LogP contribution in [0.15, 0.2) is 42.5 Å². The first-order chi connectivity index (χ1) is 13.4. The van der Waals surface area contributed by atoms with E-state index in [1.54, 1.807) is 36.4 Å². The number of carbonyl (C=O) groups excluding carboxylic acids is 2. The van der Waals surface area contributed by atoms with Crippen LogP contribution in [0.1, 0.15) is 12.5 Å². The maximum Gasteiger partial charge on any atom is 0.252 e. The normalized spacial score (nSPS) is 15.2. The number of nitrogens with zero attached hydrogens (tertiary/aromatic N) is 3. The lowest BCUT2D eigenvalue weighted by atomic mass is 10.2. The van der Waals surface area contributed by atoms with Gasteiger partial charge in [0.25, 0.3) is 5.91 Å². The summed E-state index contributed by atoms with van der Waals surface area (Å²) in [4.78, 5) is 29.0. The first kappa shape index (κ1) is 18.7. The summed E-state index contributed by atoms with van der Waals surface area (Å²) in [5, 5.41) is 11.0. The molecule has 2 heterocycles. The highest BCUT2D eigenvalue weighted by Gasteiger charge is 2.35. The van der Waals surface area contributed by atoms with Crippen molar-refractivity contribution in [3.8, 4) is 11.4 Å². The number of hydrogen-bond donors (Lipinski definition) is 2. The summed E-state index contributed by atoms with van der Waals surface area (Å²) in [6.07, 6.45) is -0.134. The zero-order valence-electron chi connectivity index (χ0n) is 14.1. The van der Waals surface area contributed by atoms with Crippen LogP contribution in [-0.4, -0.2) is 26.6 Å². The van der Waals surface area contributed by atoms with E-state index in [4.69, 9.17) is 34.8 Å². The molecule has 0 radical (unpaired) electrons. The SMILES string of the molecule is O=C(CC1C(=O)Nc2nc(-c3ccc(Cl)cc3)nn21)Nc1cc(Cl)ccc1Cl. The Morgan fingerprint density at radius 2 is 1.82 bits per heavy atom. The predicted molar refractivity (Wildman–Crippen MR) is 108 cm³/mol. The van der Waals surface area contributed by atoms with Crippen LogP contribution in [0.4, 0.5) is 11.6 Å². The van der Waals surface area contributed by atoms with Crippen molar-refractivity contribution in [1.29, 1.82) is 0 Å². The highest BCUT2D eigenvalue weighted by Crippen LogP contribution is 2.30. The minimum atomic E-state index is -0.818. The summed E-state index contributed by atoms with van der Waals surface area (Å²) < 4.78 is 1.41. The van der Waals surface area contributed by atoms with Crippen molar-refractivity contribution in [3.05, 3.63) is 57.5 Å². The summed E-state index contributed by atoms with van der Waals surface area (Å²) in [6, 6.07) is 10.9. The fourth-order valence-corrected chi connectivity index (χ4v) is 3.26. The molecule has 2 amide bonds. The second-order valence-electron chi connectivity index (χ2n) is 6.09. The second-order valence-corrected chi connectivity index (χ2v) is 7.37. The number of halogens is 3. The largest absolute Gasteiger partial charge is 0.325 e. The van der Waals surface area contributed by atoms with Crippen molar-refractivity contribution in [2.75, 3.05) is 10.6 Å². The molecule has 1 aliphatic rings. The van der Waals surface area contributed by atoms with Crippen molar-refractivity contribution in [2.45, 2.75) is 12.5 Å². The highest BCUT2D eigenvalue weighted by atomic mass is 35.5. The first-order valence-corrected chi connectivity index (χ1v) is 9.32. The van der Waals surface area contributed by atoms with E-state index in [-0.39, 0.29) is 18.3 Å². The van der Waals surface area contributed by atoms with Gasteiger partial charge in [-0.15, -0.1) is 5.10 Å². The van der Waals surface area contributed by atoms with Crippen LogP contribution in [0, 0.1) is 0 Å². The van der Waals surface area contributed by atoms with Crippen LogP contribution >= 0.6 is 34.8 Å². The Morgan fingerprint density at radius 1 is 1.11 bits per heavy atom. The average molecular weight is 437 g/mol. The Balaban J connectivity index is 1.53. The molecule has 1 aromatic heterocycles. The van der Waals surface area contributed by atoms with Gasteiger partial charge in [0.15, 0.2) is 5.82 Å². The molecular formula is C18H12Cl3N5O2. The maximum atomic E-state index is 12.4. The van der Waals surface area contributed by atoms with Gasteiger partial charge in [0.1, 0.15) is 6.04 Å². The van der Waals surface area contributed by atoms with Gasteiger partial charge in [-0.2, -0.15) is 4.98 Å². The van der Waals surface area contributed by atoms with Gasteiger partial charge in [-0.25, -0.2) is 4.68 Å². The third-order valence-corrected chi connectivity index (χ3v) is 4.96. The number of nitrogens with one attached hydrogen (secondary N) is 2. The fourth-order valence-electron chi connectivity index (χ4n) is 2.80. The Kier molecular flexibility index (Phi) is 4.97. The van der Waals surface area contributed by atoms with E-state index in [0.717, 1.165) is 5.56 Å². The first-order valence-electron chi connectivity index (χ1n) is 8.19. The lowest BCUT2D eigenvalue weighted by Crippen LogP contribution is -2.23. The molecule has 1 aliphatic heterocycles. The van der Waals surface area contributed by atoms with E-state index in [0.29, 0.717) is 26.6 Å². The molecule has 0 bridgehead atoms. The zero-order valence-corrected chi connectivity index (χ0v) is 16.4. The predicted octanol–water partition coefficient (Wildman–Crippen LogP) is 4.43. The summed E-state index contributed by atoms with van der Waals surface area (Å²) in [5.74, 6) is -0.0470. The van der Waals surface area contributed by atoms with Crippen molar-refractivity contribution >= 4 is 58.3 Å². The van der Waals surface area contributed by atoms with Crippen LogP contribution in [0.5, 0.6) is 0 Å². The molecule has 0 saturated carbocycles. The van der Waals surface area contributed by atoms with E-state index in [9.17, 15) is 9.59 Å². The van der Waals surface area contributed by atoms with E-state index in [2.05, 4.69) is 20.7 Å². The summed E-state index contributed by atoms with van der Waals surface area (Å²) in [7, 11) is 0. The smallest absolute Gasteiger partial charge is 0.252 e. The summed E-state index contributed by atoms with van der Waals surface area (Å²) >= 11 is 17.9. The molecule has 7 nitrogen and oxygen atoms in total. The van der Waals surface area contributed by atoms with Gasteiger partial charge in [-0.05, 0) is 42.5 Å². The van der Waals surface area contributed by atoms with Crippen LogP contribution < -0.4 is 10.6 Å². The number of benzene rings is 2. The van der Waals surface area contributed by atoms with Crippen LogP contribution in [0.25, 0.3) is 11.4 Å². The van der Waals surface area contributed by atoms with Crippen LogP contribution in [0.3, 0.4) is 0 Å². The topological polar surface area (TPSA) is 88.9 Å². The molecule has 0 spiro atoms. The number of amides is 2. The number of fused-ring (bicyclic) bond motifs is 1. The highest BCUT2D eigenvalue weighted by molar-refractivity contribution is 6.35. The minimum absolute atomic E-state index is 0.134. The second kappa shape index (κ2) is 7.43. The molecule has 4 rings (SSSR count). The number of anilines is 2. The van der Waals surface area contributed by atoms with Gasteiger partial charge in [0.05, 0.1) is 17.1 Å². The molecule has 1 atom stereocenters. The van der Waals surface area contributed by atoms with Gasteiger partial charge in [-0.1, -0.05) is 34.8 Å². The van der Waals surface area contributed by atoms with Crippen molar-refractivity contribution < 1.29 is 9.59 Å². The third-order valence-electron chi connectivity index (χ3n) is 4.15. The molecule has 0 fully saturated rings. The standard InChI is InChI=1S/C18H12Cl3N5O2/c19-10-3-1-9(2-4-10)16-23-18-24-17(28)14(26(18)25-16)8-15(27)22-13-7-11(20)5-6-12(13)21/h1-7,14H,8H2,(H,22,27)(H,23,24,25,28). The van der Waals surface area contributed by atoms with E-state index in [1.807, 2.05) is 0 Å². The molecule has 3 aromatic rings. The Morgan fingerprint density at radius 3 is 2.57 bits per heavy atom. The Bertz CT molecular complexity index is 1080. The summed E-state index contributed by atoms with van der Waals surface area (Å²) in [6.45, 7) is 0. The number of rotatable bonds is 4. The molecular weight excluding hydrogens is 425 g/mol. The minimum Gasteiger partial charge on any atom is -0.325 e.